The van der Waals surface area contributed by atoms with Gasteiger partial charge in [0, 0.05) is 18.5 Å². The molecular formula is C12H13BrN2O2S2. The molecule has 0 aliphatic carbocycles. The highest BCUT2D eigenvalue weighted by molar-refractivity contribution is 9.11. The second-order valence-corrected chi connectivity index (χ2v) is 8.06. The SMILES string of the molecule is CNc1ccccc1S(=O)(=O)NCc1ccc(Br)s1. The first-order valence-electron chi connectivity index (χ1n) is 5.53. The summed E-state index contributed by atoms with van der Waals surface area (Å²) >= 11 is 4.86. The van der Waals surface area contributed by atoms with Gasteiger partial charge in [-0.05, 0) is 40.2 Å². The van der Waals surface area contributed by atoms with Gasteiger partial charge >= 0.3 is 0 Å². The van der Waals surface area contributed by atoms with Gasteiger partial charge in [-0.25, -0.2) is 13.1 Å². The Morgan fingerprint density at radius 2 is 1.95 bits per heavy atom. The Morgan fingerprint density at radius 3 is 2.58 bits per heavy atom. The molecule has 0 unspecified atom stereocenters. The van der Waals surface area contributed by atoms with Crippen LogP contribution in [0.2, 0.25) is 0 Å². The maximum Gasteiger partial charge on any atom is 0.242 e. The normalized spacial score (nSPS) is 11.5. The minimum atomic E-state index is -3.51. The van der Waals surface area contributed by atoms with E-state index < -0.39 is 10.0 Å². The van der Waals surface area contributed by atoms with Crippen molar-refractivity contribution in [3.8, 4) is 0 Å². The molecular weight excluding hydrogens is 348 g/mol. The number of thiophene rings is 1. The van der Waals surface area contributed by atoms with Gasteiger partial charge in [0.1, 0.15) is 4.90 Å². The smallest absolute Gasteiger partial charge is 0.242 e. The lowest BCUT2D eigenvalue weighted by Gasteiger charge is -2.10. The summed E-state index contributed by atoms with van der Waals surface area (Å²) in [5, 5.41) is 2.88. The molecule has 0 bridgehead atoms. The van der Waals surface area contributed by atoms with E-state index in [4.69, 9.17) is 0 Å². The van der Waals surface area contributed by atoms with E-state index in [0.717, 1.165) is 8.66 Å². The molecule has 7 heteroatoms. The number of rotatable bonds is 5. The largest absolute Gasteiger partial charge is 0.387 e. The Labute approximate surface area is 125 Å². The maximum absolute atomic E-state index is 12.2. The van der Waals surface area contributed by atoms with Gasteiger partial charge in [-0.2, -0.15) is 0 Å². The van der Waals surface area contributed by atoms with Crippen LogP contribution in [0.4, 0.5) is 5.69 Å². The van der Waals surface area contributed by atoms with Gasteiger partial charge < -0.3 is 5.32 Å². The van der Waals surface area contributed by atoms with Crippen molar-refractivity contribution >= 4 is 43.0 Å². The number of benzene rings is 1. The standard InChI is InChI=1S/C12H13BrN2O2S2/c1-14-10-4-2-3-5-11(10)19(16,17)15-8-9-6-7-12(13)18-9/h2-7,14-15H,8H2,1H3. The van der Waals surface area contributed by atoms with E-state index in [1.54, 1.807) is 31.3 Å². The fourth-order valence-electron chi connectivity index (χ4n) is 1.60. The fourth-order valence-corrected chi connectivity index (χ4v) is 4.33. The summed E-state index contributed by atoms with van der Waals surface area (Å²) in [6.07, 6.45) is 0. The zero-order valence-electron chi connectivity index (χ0n) is 10.2. The lowest BCUT2D eigenvalue weighted by atomic mass is 10.3. The number of anilines is 1. The molecule has 2 aromatic rings. The quantitative estimate of drug-likeness (QED) is 0.861. The summed E-state index contributed by atoms with van der Waals surface area (Å²) in [5.74, 6) is 0. The topological polar surface area (TPSA) is 58.2 Å². The summed E-state index contributed by atoms with van der Waals surface area (Å²) in [7, 11) is -1.81. The number of hydrogen-bond acceptors (Lipinski definition) is 4. The molecule has 1 aromatic carbocycles. The van der Waals surface area contributed by atoms with Crippen molar-refractivity contribution < 1.29 is 8.42 Å². The molecule has 0 atom stereocenters. The molecule has 0 spiro atoms. The van der Waals surface area contributed by atoms with Crippen molar-refractivity contribution in [2.24, 2.45) is 0 Å². The molecule has 0 amide bonds. The van der Waals surface area contributed by atoms with E-state index in [1.165, 1.54) is 11.3 Å². The predicted octanol–water partition coefficient (Wildman–Crippen LogP) is 3.03. The monoisotopic (exact) mass is 360 g/mol. The molecule has 19 heavy (non-hydrogen) atoms. The molecule has 0 aliphatic rings. The molecule has 0 fully saturated rings. The highest BCUT2D eigenvalue weighted by atomic mass is 79.9. The van der Waals surface area contributed by atoms with Crippen LogP contribution in [0.5, 0.6) is 0 Å². The van der Waals surface area contributed by atoms with Gasteiger partial charge in [0.15, 0.2) is 0 Å². The van der Waals surface area contributed by atoms with Crippen LogP contribution in [0, 0.1) is 0 Å². The summed E-state index contributed by atoms with van der Waals surface area (Å²) in [6.45, 7) is 0.288. The lowest BCUT2D eigenvalue weighted by molar-refractivity contribution is 0.582. The minimum Gasteiger partial charge on any atom is -0.387 e. The summed E-state index contributed by atoms with van der Waals surface area (Å²) < 4.78 is 28.1. The molecule has 0 saturated heterocycles. The summed E-state index contributed by atoms with van der Waals surface area (Å²) in [5.41, 5.74) is 0.586. The zero-order chi connectivity index (χ0) is 13.9. The van der Waals surface area contributed by atoms with Gasteiger partial charge in [0.2, 0.25) is 10.0 Å². The van der Waals surface area contributed by atoms with E-state index in [9.17, 15) is 8.42 Å². The average molecular weight is 361 g/mol. The zero-order valence-corrected chi connectivity index (χ0v) is 13.4. The Kier molecular flexibility index (Phi) is 4.62. The molecule has 2 rings (SSSR count). The van der Waals surface area contributed by atoms with Crippen LogP contribution in [0.1, 0.15) is 4.88 Å². The van der Waals surface area contributed by atoms with Crippen LogP contribution < -0.4 is 10.0 Å². The Hall–Kier alpha value is -0.890. The Balaban J connectivity index is 2.18. The van der Waals surface area contributed by atoms with Gasteiger partial charge in [0.05, 0.1) is 9.47 Å². The number of hydrogen-bond donors (Lipinski definition) is 2. The van der Waals surface area contributed by atoms with Crippen molar-refractivity contribution in [2.45, 2.75) is 11.4 Å². The van der Waals surface area contributed by atoms with E-state index >= 15 is 0 Å². The van der Waals surface area contributed by atoms with E-state index in [1.807, 2.05) is 12.1 Å². The van der Waals surface area contributed by atoms with Gasteiger partial charge in [0.25, 0.3) is 0 Å². The van der Waals surface area contributed by atoms with Crippen molar-refractivity contribution in [1.29, 1.82) is 0 Å². The molecule has 4 nitrogen and oxygen atoms in total. The molecule has 1 aromatic heterocycles. The number of nitrogens with one attached hydrogen (secondary N) is 2. The van der Waals surface area contributed by atoms with Gasteiger partial charge in [-0.15, -0.1) is 11.3 Å². The third kappa shape index (κ3) is 3.56. The van der Waals surface area contributed by atoms with Crippen molar-refractivity contribution in [3.63, 3.8) is 0 Å². The second-order valence-electron chi connectivity index (χ2n) is 3.78. The van der Waals surface area contributed by atoms with Crippen molar-refractivity contribution in [2.75, 3.05) is 12.4 Å². The fraction of sp³-hybridized carbons (Fsp3) is 0.167. The highest BCUT2D eigenvalue weighted by Gasteiger charge is 2.17. The Bertz CT molecular complexity index is 668. The molecule has 0 radical (unpaired) electrons. The van der Waals surface area contributed by atoms with Crippen LogP contribution in [-0.2, 0) is 16.6 Å². The molecule has 0 saturated carbocycles. The maximum atomic E-state index is 12.2. The van der Waals surface area contributed by atoms with Crippen LogP contribution in [-0.4, -0.2) is 15.5 Å². The van der Waals surface area contributed by atoms with Crippen LogP contribution >= 0.6 is 27.3 Å². The first kappa shape index (κ1) is 14.5. The number of halogens is 1. The van der Waals surface area contributed by atoms with E-state index in [-0.39, 0.29) is 11.4 Å². The molecule has 0 aliphatic heterocycles. The first-order chi connectivity index (χ1) is 9.03. The molecule has 102 valence electrons. The third-order valence-corrected chi connectivity index (χ3v) is 5.59. The first-order valence-corrected chi connectivity index (χ1v) is 8.63. The van der Waals surface area contributed by atoms with E-state index in [2.05, 4.69) is 26.0 Å². The Morgan fingerprint density at radius 1 is 1.21 bits per heavy atom. The summed E-state index contributed by atoms with van der Waals surface area (Å²) in [6, 6.07) is 10.6. The number of para-hydroxylation sites is 1. The molecule has 1 heterocycles. The van der Waals surface area contributed by atoms with Gasteiger partial charge in [-0.1, -0.05) is 12.1 Å². The average Bonchev–Trinajstić information content (AvgIpc) is 2.82. The van der Waals surface area contributed by atoms with Crippen LogP contribution in [0.3, 0.4) is 0 Å². The predicted molar refractivity (Wildman–Crippen MR) is 82.0 cm³/mol. The van der Waals surface area contributed by atoms with Crippen LogP contribution in [0.25, 0.3) is 0 Å². The summed E-state index contributed by atoms with van der Waals surface area (Å²) in [4.78, 5) is 1.21. The molecule has 2 N–H and O–H groups in total. The van der Waals surface area contributed by atoms with E-state index in [0.29, 0.717) is 5.69 Å². The minimum absolute atomic E-state index is 0.258. The third-order valence-electron chi connectivity index (χ3n) is 2.51. The van der Waals surface area contributed by atoms with Crippen LogP contribution in [0.15, 0.2) is 45.1 Å². The lowest BCUT2D eigenvalue weighted by Crippen LogP contribution is -2.23. The van der Waals surface area contributed by atoms with Gasteiger partial charge in [-0.3, -0.25) is 0 Å². The van der Waals surface area contributed by atoms with Crippen molar-refractivity contribution in [3.05, 3.63) is 45.1 Å². The number of sulfonamides is 1. The highest BCUT2D eigenvalue weighted by Crippen LogP contribution is 2.23. The van der Waals surface area contributed by atoms with Crippen molar-refractivity contribution in [1.82, 2.24) is 4.72 Å². The second kappa shape index (κ2) is 6.04.